The van der Waals surface area contributed by atoms with Gasteiger partial charge in [0.05, 0.1) is 7.11 Å². The molecule has 2 heterocycles. The molecule has 2 atom stereocenters. The van der Waals surface area contributed by atoms with Gasteiger partial charge in [-0.25, -0.2) is 0 Å². The maximum atomic E-state index is 12.9. The third-order valence-corrected chi connectivity index (χ3v) is 4.98. The largest absolute Gasteiger partial charge is 0.497 e. The Morgan fingerprint density at radius 1 is 1.20 bits per heavy atom. The Bertz CT molecular complexity index is 918. The van der Waals surface area contributed by atoms with Crippen LogP contribution in [0, 0.1) is 0 Å². The van der Waals surface area contributed by atoms with E-state index in [0.29, 0.717) is 18.7 Å². The van der Waals surface area contributed by atoms with Crippen molar-refractivity contribution in [3.8, 4) is 5.75 Å². The van der Waals surface area contributed by atoms with Crippen LogP contribution in [-0.4, -0.2) is 42.0 Å². The van der Waals surface area contributed by atoms with Crippen LogP contribution in [-0.2, 0) is 0 Å². The van der Waals surface area contributed by atoms with Crippen LogP contribution in [0.2, 0.25) is 0 Å². The molecule has 5 heteroatoms. The lowest BCUT2D eigenvalue weighted by molar-refractivity contribution is 0.0789. The highest BCUT2D eigenvalue weighted by Crippen LogP contribution is 2.30. The minimum absolute atomic E-state index is 0.0253. The van der Waals surface area contributed by atoms with Crippen LogP contribution in [0.4, 0.5) is 0 Å². The van der Waals surface area contributed by atoms with Gasteiger partial charge in [-0.3, -0.25) is 4.79 Å². The molecule has 1 aliphatic heterocycles. The molecule has 0 unspecified atom stereocenters. The van der Waals surface area contributed by atoms with Gasteiger partial charge in [0.25, 0.3) is 5.91 Å². The predicted octanol–water partition coefficient (Wildman–Crippen LogP) is 2.74. The Kier molecular flexibility index (Phi) is 3.93. The Balaban J connectivity index is 1.56. The molecule has 0 radical (unpaired) electrons. The van der Waals surface area contributed by atoms with E-state index in [1.807, 2.05) is 59.6 Å². The normalized spacial score (nSPS) is 20.2. The average Bonchev–Trinajstić information content (AvgIpc) is 3.26. The number of amides is 1. The molecule has 1 aliphatic rings. The molecule has 3 N–H and O–H groups in total. The minimum Gasteiger partial charge on any atom is -0.497 e. The topological polar surface area (TPSA) is 71.3 Å². The van der Waals surface area contributed by atoms with Crippen molar-refractivity contribution in [2.45, 2.75) is 12.0 Å². The summed E-state index contributed by atoms with van der Waals surface area (Å²) in [6.07, 6.45) is 1.88. The number of nitrogens with two attached hydrogens (primary N) is 1. The molecule has 0 aliphatic carbocycles. The van der Waals surface area contributed by atoms with Gasteiger partial charge in [0, 0.05) is 42.3 Å². The highest BCUT2D eigenvalue weighted by atomic mass is 16.5. The van der Waals surface area contributed by atoms with Crippen LogP contribution < -0.4 is 10.5 Å². The second-order valence-corrected chi connectivity index (χ2v) is 6.54. The summed E-state index contributed by atoms with van der Waals surface area (Å²) in [4.78, 5) is 17.9. The first kappa shape index (κ1) is 15.7. The van der Waals surface area contributed by atoms with Crippen molar-refractivity contribution in [3.05, 3.63) is 65.9 Å². The van der Waals surface area contributed by atoms with Crippen molar-refractivity contribution >= 4 is 16.8 Å². The molecule has 2 aromatic carbocycles. The van der Waals surface area contributed by atoms with Gasteiger partial charge in [-0.2, -0.15) is 0 Å². The fourth-order valence-electron chi connectivity index (χ4n) is 3.58. The van der Waals surface area contributed by atoms with E-state index >= 15 is 0 Å². The lowest BCUT2D eigenvalue weighted by Gasteiger charge is -2.17. The number of carbonyl (C=O) groups is 1. The molecule has 3 aromatic rings. The minimum atomic E-state index is -0.0784. The zero-order chi connectivity index (χ0) is 17.4. The number of aromatic nitrogens is 1. The highest BCUT2D eigenvalue weighted by molar-refractivity contribution is 5.98. The van der Waals surface area contributed by atoms with E-state index in [1.165, 1.54) is 0 Å². The molecule has 0 saturated carbocycles. The van der Waals surface area contributed by atoms with E-state index in [0.717, 1.165) is 22.2 Å². The summed E-state index contributed by atoms with van der Waals surface area (Å²) in [6.45, 7) is 1.18. The summed E-state index contributed by atoms with van der Waals surface area (Å²) < 4.78 is 5.30. The van der Waals surface area contributed by atoms with Gasteiger partial charge in [-0.15, -0.1) is 0 Å². The Morgan fingerprint density at radius 2 is 2.08 bits per heavy atom. The first-order valence-corrected chi connectivity index (χ1v) is 8.41. The molecule has 0 bridgehead atoms. The lowest BCUT2D eigenvalue weighted by atomic mass is 9.95. The highest BCUT2D eigenvalue weighted by Gasteiger charge is 2.34. The number of ether oxygens (including phenoxy) is 1. The molecule has 1 aromatic heterocycles. The Labute approximate surface area is 146 Å². The number of fused-ring (bicyclic) bond motifs is 1. The van der Waals surface area contributed by atoms with Gasteiger partial charge in [-0.1, -0.05) is 18.2 Å². The number of nitrogens with zero attached hydrogens (tertiary/aromatic N) is 1. The summed E-state index contributed by atoms with van der Waals surface area (Å²) in [5, 5.41) is 1.10. The fourth-order valence-corrected chi connectivity index (χ4v) is 3.58. The second kappa shape index (κ2) is 6.26. The van der Waals surface area contributed by atoms with E-state index in [1.54, 1.807) is 7.11 Å². The number of aromatic amines is 1. The van der Waals surface area contributed by atoms with Crippen molar-refractivity contribution in [2.24, 2.45) is 5.73 Å². The summed E-state index contributed by atoms with van der Waals surface area (Å²) in [7, 11) is 1.65. The van der Waals surface area contributed by atoms with Crippen LogP contribution in [0.5, 0.6) is 5.75 Å². The van der Waals surface area contributed by atoms with Crippen molar-refractivity contribution in [2.75, 3.05) is 20.2 Å². The number of likely N-dealkylation sites (tertiary alicyclic amines) is 1. The van der Waals surface area contributed by atoms with Crippen LogP contribution in [0.15, 0.2) is 54.7 Å². The summed E-state index contributed by atoms with van der Waals surface area (Å²) in [5.74, 6) is 0.956. The van der Waals surface area contributed by atoms with Gasteiger partial charge in [0.1, 0.15) is 5.75 Å². The quantitative estimate of drug-likeness (QED) is 0.773. The molecular weight excluding hydrogens is 314 g/mol. The average molecular weight is 335 g/mol. The third-order valence-electron chi connectivity index (χ3n) is 4.98. The SMILES string of the molecule is COc1cccc([C@H]2CN(C(=O)c3ccc4cc[nH]c4c3)C[C@@H]2N)c1. The number of nitrogens with one attached hydrogen (secondary N) is 1. The van der Waals surface area contributed by atoms with Crippen molar-refractivity contribution in [1.82, 2.24) is 9.88 Å². The molecule has 1 amide bonds. The molecule has 128 valence electrons. The molecular formula is C20H21N3O2. The summed E-state index contributed by atoms with van der Waals surface area (Å²) in [6, 6.07) is 15.6. The summed E-state index contributed by atoms with van der Waals surface area (Å²) >= 11 is 0. The van der Waals surface area contributed by atoms with Crippen molar-refractivity contribution < 1.29 is 9.53 Å². The zero-order valence-electron chi connectivity index (χ0n) is 14.1. The molecule has 0 spiro atoms. The van der Waals surface area contributed by atoms with E-state index in [2.05, 4.69) is 4.98 Å². The molecule has 1 saturated heterocycles. The van der Waals surface area contributed by atoms with Gasteiger partial charge in [0.15, 0.2) is 0 Å². The first-order chi connectivity index (χ1) is 12.2. The fraction of sp³-hybridized carbons (Fsp3) is 0.250. The summed E-state index contributed by atoms with van der Waals surface area (Å²) in [5.41, 5.74) is 9.11. The smallest absolute Gasteiger partial charge is 0.254 e. The number of rotatable bonds is 3. The van der Waals surface area contributed by atoms with Crippen LogP contribution >= 0.6 is 0 Å². The molecule has 5 nitrogen and oxygen atoms in total. The Morgan fingerprint density at radius 3 is 2.92 bits per heavy atom. The van der Waals surface area contributed by atoms with Crippen LogP contribution in [0.1, 0.15) is 21.8 Å². The van der Waals surface area contributed by atoms with Crippen LogP contribution in [0.3, 0.4) is 0 Å². The maximum absolute atomic E-state index is 12.9. The number of H-pyrrole nitrogens is 1. The monoisotopic (exact) mass is 335 g/mol. The van der Waals surface area contributed by atoms with E-state index in [-0.39, 0.29) is 17.9 Å². The maximum Gasteiger partial charge on any atom is 0.254 e. The number of hydrogen-bond acceptors (Lipinski definition) is 3. The van der Waals surface area contributed by atoms with Gasteiger partial charge >= 0.3 is 0 Å². The van der Waals surface area contributed by atoms with Gasteiger partial charge < -0.3 is 20.4 Å². The Hall–Kier alpha value is -2.79. The molecule has 1 fully saturated rings. The first-order valence-electron chi connectivity index (χ1n) is 8.41. The van der Waals surface area contributed by atoms with E-state index in [4.69, 9.17) is 10.5 Å². The predicted molar refractivity (Wildman–Crippen MR) is 97.9 cm³/mol. The van der Waals surface area contributed by atoms with E-state index < -0.39 is 0 Å². The molecule has 4 rings (SSSR count). The number of hydrogen-bond donors (Lipinski definition) is 2. The zero-order valence-corrected chi connectivity index (χ0v) is 14.1. The van der Waals surface area contributed by atoms with Gasteiger partial charge in [-0.05, 0) is 41.3 Å². The standard InChI is InChI=1S/C20H21N3O2/c1-25-16-4-2-3-14(9-16)17-11-23(12-18(17)21)20(24)15-6-5-13-7-8-22-19(13)10-15/h2-10,17-18,22H,11-12,21H2,1H3/t17-,18+/m1/s1. The second-order valence-electron chi connectivity index (χ2n) is 6.54. The number of carbonyl (C=O) groups excluding carboxylic acids is 1. The number of methoxy groups -OCH3 is 1. The van der Waals surface area contributed by atoms with Gasteiger partial charge in [0.2, 0.25) is 0 Å². The number of benzene rings is 2. The third kappa shape index (κ3) is 2.87. The van der Waals surface area contributed by atoms with Crippen LogP contribution in [0.25, 0.3) is 10.9 Å². The van der Waals surface area contributed by atoms with E-state index in [9.17, 15) is 4.79 Å². The molecule has 25 heavy (non-hydrogen) atoms. The van der Waals surface area contributed by atoms with Crippen molar-refractivity contribution in [3.63, 3.8) is 0 Å². The van der Waals surface area contributed by atoms with Crippen molar-refractivity contribution in [1.29, 1.82) is 0 Å². The lowest BCUT2D eigenvalue weighted by Crippen LogP contribution is -2.32.